The molecule has 3 unspecified atom stereocenters. The summed E-state index contributed by atoms with van der Waals surface area (Å²) in [6.45, 7) is 7.17. The molecule has 0 aliphatic carbocycles. The van der Waals surface area contributed by atoms with Gasteiger partial charge in [-0.2, -0.15) is 0 Å². The van der Waals surface area contributed by atoms with Crippen molar-refractivity contribution < 1.29 is 8.78 Å². The number of rotatable bonds is 2. The molecule has 106 valence electrons. The Morgan fingerprint density at radius 3 is 2.53 bits per heavy atom. The van der Waals surface area contributed by atoms with E-state index in [0.717, 1.165) is 13.0 Å². The van der Waals surface area contributed by atoms with Crippen molar-refractivity contribution in [3.8, 4) is 0 Å². The molecule has 19 heavy (non-hydrogen) atoms. The summed E-state index contributed by atoms with van der Waals surface area (Å²) in [5, 5.41) is 0. The van der Waals surface area contributed by atoms with E-state index in [2.05, 4.69) is 20.8 Å². The number of hydrogen-bond donors (Lipinski definition) is 1. The lowest BCUT2D eigenvalue weighted by atomic mass is 9.85. The summed E-state index contributed by atoms with van der Waals surface area (Å²) in [6, 6.07) is 3.46. The van der Waals surface area contributed by atoms with Crippen LogP contribution in [0.2, 0.25) is 0 Å². The van der Waals surface area contributed by atoms with E-state index in [4.69, 9.17) is 5.73 Å². The van der Waals surface area contributed by atoms with Gasteiger partial charge in [-0.3, -0.25) is 0 Å². The van der Waals surface area contributed by atoms with Crippen LogP contribution in [0.25, 0.3) is 0 Å². The van der Waals surface area contributed by atoms with Gasteiger partial charge in [-0.05, 0) is 31.2 Å². The number of nitrogens with zero attached hydrogens (tertiary/aromatic N) is 1. The zero-order chi connectivity index (χ0) is 14.2. The summed E-state index contributed by atoms with van der Waals surface area (Å²) < 4.78 is 28.0. The minimum atomic E-state index is -0.807. The molecular weight excluding hydrogens is 246 g/mol. The number of nitrogens with two attached hydrogens (primary N) is 1. The molecule has 1 aromatic rings. The molecule has 1 aliphatic rings. The Kier molecular flexibility index (Phi) is 4.09. The lowest BCUT2D eigenvalue weighted by Gasteiger charge is -2.42. The summed E-state index contributed by atoms with van der Waals surface area (Å²) in [6.07, 6.45) is 1.13. The van der Waals surface area contributed by atoms with Crippen LogP contribution in [0.3, 0.4) is 0 Å². The van der Waals surface area contributed by atoms with Crippen LogP contribution >= 0.6 is 0 Å². The monoisotopic (exact) mass is 268 g/mol. The van der Waals surface area contributed by atoms with E-state index < -0.39 is 11.6 Å². The molecule has 4 heteroatoms. The Balaban J connectivity index is 2.38. The molecule has 0 spiro atoms. The second kappa shape index (κ2) is 5.45. The third-order valence-electron chi connectivity index (χ3n) is 4.27. The van der Waals surface area contributed by atoms with Crippen molar-refractivity contribution >= 4 is 5.69 Å². The fourth-order valence-corrected chi connectivity index (χ4v) is 2.99. The van der Waals surface area contributed by atoms with Gasteiger partial charge in [0, 0.05) is 24.7 Å². The average Bonchev–Trinajstić information content (AvgIpc) is 2.37. The summed E-state index contributed by atoms with van der Waals surface area (Å²) >= 11 is 0. The highest BCUT2D eigenvalue weighted by Crippen LogP contribution is 2.33. The number of hydrogen-bond acceptors (Lipinski definition) is 2. The van der Waals surface area contributed by atoms with Crippen LogP contribution in [0.4, 0.5) is 14.5 Å². The molecule has 2 rings (SSSR count). The van der Waals surface area contributed by atoms with Gasteiger partial charge in [-0.15, -0.1) is 0 Å². The van der Waals surface area contributed by atoms with Crippen molar-refractivity contribution in [1.82, 2.24) is 0 Å². The Hall–Kier alpha value is -1.16. The van der Waals surface area contributed by atoms with Crippen LogP contribution in [0, 0.1) is 23.5 Å². The summed E-state index contributed by atoms with van der Waals surface area (Å²) in [7, 11) is 0. The van der Waals surface area contributed by atoms with Gasteiger partial charge >= 0.3 is 0 Å². The van der Waals surface area contributed by atoms with E-state index in [1.165, 1.54) is 0 Å². The summed E-state index contributed by atoms with van der Waals surface area (Å²) in [5.41, 5.74) is 5.99. The van der Waals surface area contributed by atoms with Gasteiger partial charge in [0.2, 0.25) is 0 Å². The summed E-state index contributed by atoms with van der Waals surface area (Å²) in [5.74, 6) is -0.613. The number of piperidine rings is 1. The van der Waals surface area contributed by atoms with Crippen molar-refractivity contribution in [1.29, 1.82) is 0 Å². The maximum atomic E-state index is 14.2. The molecule has 0 amide bonds. The van der Waals surface area contributed by atoms with Crippen LogP contribution in [-0.2, 0) is 6.54 Å². The first kappa shape index (κ1) is 14.3. The zero-order valence-electron chi connectivity index (χ0n) is 11.8. The van der Waals surface area contributed by atoms with Crippen molar-refractivity contribution in [2.75, 3.05) is 11.4 Å². The lowest BCUT2D eigenvalue weighted by Crippen LogP contribution is -2.46. The third-order valence-corrected chi connectivity index (χ3v) is 4.27. The first-order valence-corrected chi connectivity index (χ1v) is 6.89. The molecule has 1 fully saturated rings. The van der Waals surface area contributed by atoms with Crippen LogP contribution in [-0.4, -0.2) is 12.6 Å². The molecule has 0 radical (unpaired) electrons. The topological polar surface area (TPSA) is 29.3 Å². The second-order valence-electron chi connectivity index (χ2n) is 5.79. The van der Waals surface area contributed by atoms with E-state index in [0.29, 0.717) is 17.5 Å². The minimum absolute atomic E-state index is 0.0192. The van der Waals surface area contributed by atoms with E-state index in [1.54, 1.807) is 12.1 Å². The first-order valence-electron chi connectivity index (χ1n) is 6.89. The van der Waals surface area contributed by atoms with Crippen molar-refractivity contribution in [2.45, 2.75) is 39.8 Å². The van der Waals surface area contributed by atoms with Gasteiger partial charge in [0.05, 0.1) is 5.69 Å². The molecule has 0 bridgehead atoms. The molecule has 1 aliphatic heterocycles. The first-order chi connectivity index (χ1) is 8.95. The van der Waals surface area contributed by atoms with Gasteiger partial charge in [-0.1, -0.05) is 19.9 Å². The van der Waals surface area contributed by atoms with Crippen molar-refractivity contribution in [3.05, 3.63) is 29.3 Å². The molecule has 2 N–H and O–H groups in total. The number of halogens is 2. The Morgan fingerprint density at radius 2 is 1.89 bits per heavy atom. The predicted molar refractivity (Wildman–Crippen MR) is 74.0 cm³/mol. The second-order valence-corrected chi connectivity index (χ2v) is 5.79. The minimum Gasteiger partial charge on any atom is -0.366 e. The predicted octanol–water partition coefficient (Wildman–Crippen LogP) is 3.29. The van der Waals surface area contributed by atoms with Crippen molar-refractivity contribution in [3.63, 3.8) is 0 Å². The Morgan fingerprint density at radius 1 is 1.21 bits per heavy atom. The van der Waals surface area contributed by atoms with E-state index in [-0.39, 0.29) is 18.2 Å². The molecule has 0 aromatic heterocycles. The van der Waals surface area contributed by atoms with Gasteiger partial charge in [0.25, 0.3) is 0 Å². The standard InChI is InChI=1S/C15H22F2N2/c1-9-6-10(2)11(3)19(8-9)13-5-4-12(7-18)14(16)15(13)17/h4-5,9-11H,6-8,18H2,1-3H3. The largest absolute Gasteiger partial charge is 0.366 e. The zero-order valence-corrected chi connectivity index (χ0v) is 11.8. The van der Waals surface area contributed by atoms with Crippen LogP contribution < -0.4 is 10.6 Å². The van der Waals surface area contributed by atoms with Crippen molar-refractivity contribution in [2.24, 2.45) is 17.6 Å². The fraction of sp³-hybridized carbons (Fsp3) is 0.600. The fourth-order valence-electron chi connectivity index (χ4n) is 2.99. The lowest BCUT2D eigenvalue weighted by molar-refractivity contribution is 0.294. The highest BCUT2D eigenvalue weighted by Gasteiger charge is 2.31. The SMILES string of the molecule is CC1CC(C)C(C)N(c2ccc(CN)c(F)c2F)C1. The van der Waals surface area contributed by atoms with E-state index in [9.17, 15) is 8.78 Å². The summed E-state index contributed by atoms with van der Waals surface area (Å²) in [4.78, 5) is 1.98. The highest BCUT2D eigenvalue weighted by atomic mass is 19.2. The van der Waals surface area contributed by atoms with E-state index in [1.807, 2.05) is 4.90 Å². The maximum absolute atomic E-state index is 14.2. The third kappa shape index (κ3) is 2.59. The highest BCUT2D eigenvalue weighted by molar-refractivity contribution is 5.51. The van der Waals surface area contributed by atoms with Crippen LogP contribution in [0.15, 0.2) is 12.1 Å². The molecule has 0 saturated carbocycles. The maximum Gasteiger partial charge on any atom is 0.182 e. The molecular formula is C15H22F2N2. The van der Waals surface area contributed by atoms with Gasteiger partial charge < -0.3 is 10.6 Å². The molecule has 1 aromatic carbocycles. The molecule has 3 atom stereocenters. The Labute approximate surface area is 113 Å². The van der Waals surface area contributed by atoms with Crippen LogP contribution in [0.1, 0.15) is 32.8 Å². The van der Waals surface area contributed by atoms with Gasteiger partial charge in [0.15, 0.2) is 11.6 Å². The van der Waals surface area contributed by atoms with Gasteiger partial charge in [0.1, 0.15) is 0 Å². The normalized spacial score (nSPS) is 27.7. The average molecular weight is 268 g/mol. The van der Waals surface area contributed by atoms with Crippen LogP contribution in [0.5, 0.6) is 0 Å². The number of anilines is 1. The Bertz CT molecular complexity index is 462. The molecule has 2 nitrogen and oxygen atoms in total. The smallest absolute Gasteiger partial charge is 0.182 e. The quantitative estimate of drug-likeness (QED) is 0.891. The van der Waals surface area contributed by atoms with Gasteiger partial charge in [-0.25, -0.2) is 8.78 Å². The number of benzene rings is 1. The van der Waals surface area contributed by atoms with E-state index >= 15 is 0 Å². The molecule has 1 heterocycles. The molecule has 1 saturated heterocycles.